The van der Waals surface area contributed by atoms with Crippen molar-refractivity contribution >= 4 is 11.9 Å². The number of unbranched alkanes of at least 4 members (excludes halogenated alkanes) is 9. The maximum absolute atomic E-state index is 11.2. The number of nitrogens with two attached hydrogens (primary N) is 7. The molecule has 0 aliphatic rings. The molecule has 16 heteroatoms. The van der Waals surface area contributed by atoms with Gasteiger partial charge in [0.15, 0.2) is 0 Å². The summed E-state index contributed by atoms with van der Waals surface area (Å²) < 4.78 is 29.9. The molecule has 52 heavy (non-hydrogen) atoms. The Morgan fingerprint density at radius 2 is 0.827 bits per heavy atom. The van der Waals surface area contributed by atoms with Crippen LogP contribution in [-0.2, 0) is 38.0 Å². The summed E-state index contributed by atoms with van der Waals surface area (Å²) >= 11 is 0. The molecule has 0 spiro atoms. The summed E-state index contributed by atoms with van der Waals surface area (Å²) in [5.74, 6) is -0.521. The molecule has 0 aromatic rings. The van der Waals surface area contributed by atoms with E-state index in [1.165, 1.54) is 107 Å². The van der Waals surface area contributed by atoms with Gasteiger partial charge in [-0.25, -0.2) is 4.79 Å². The molecule has 0 fully saturated rings. The van der Waals surface area contributed by atoms with E-state index in [-0.39, 0.29) is 27.4 Å². The maximum atomic E-state index is 11.2. The number of nitrogens with one attached hydrogen (secondary N) is 1. The number of esters is 2. The smallest absolute Gasteiger partial charge is 0.330 e. The zero-order valence-corrected chi connectivity index (χ0v) is 34.2. The SMILES string of the molecule is C.C.C=CC(=O)OCCOCCOCCOC.CN.CN.CN.CN.CN.CN.CN.CNCCC(=O)OCCCCCCCCCCCCOC. The first-order chi connectivity index (χ1) is 24.6. The van der Waals surface area contributed by atoms with Gasteiger partial charge in [0, 0.05) is 33.4 Å². The van der Waals surface area contributed by atoms with Crippen molar-refractivity contribution in [3.63, 3.8) is 0 Å². The van der Waals surface area contributed by atoms with Gasteiger partial charge in [0.2, 0.25) is 0 Å². The standard InChI is InChI=1S/C17H35NO3.C10H18O5.7CH5N.2CH4/c1-18-14-13-17(19)21-16-12-10-8-6-4-3-5-7-9-11-15-20-2;1-3-10(11)15-9-8-14-7-6-13-5-4-12-2;7*1-2;;/h18H,3-16H2,1-2H3;3H,1,4-9H2,2H3;7*2H2,1H3;2*1H4. The van der Waals surface area contributed by atoms with Crippen molar-refractivity contribution in [3.05, 3.63) is 12.7 Å². The quantitative estimate of drug-likeness (QED) is 0.0356. The van der Waals surface area contributed by atoms with Crippen LogP contribution in [0.3, 0.4) is 0 Å². The summed E-state index contributed by atoms with van der Waals surface area (Å²) in [7, 11) is 15.7. The lowest BCUT2D eigenvalue weighted by Crippen LogP contribution is -2.15. The van der Waals surface area contributed by atoms with Gasteiger partial charge in [0.05, 0.1) is 46.1 Å². The molecule has 0 bridgehead atoms. The Bertz CT molecular complexity index is 505. The van der Waals surface area contributed by atoms with E-state index in [0.29, 0.717) is 52.6 Å². The lowest BCUT2D eigenvalue weighted by atomic mass is 10.1. The maximum Gasteiger partial charge on any atom is 0.330 e. The molecular formula is C36H96N8O8. The van der Waals surface area contributed by atoms with Gasteiger partial charge in [-0.1, -0.05) is 72.8 Å². The molecule has 0 unspecified atom stereocenters. The van der Waals surface area contributed by atoms with Crippen molar-refractivity contribution < 1.29 is 38.0 Å². The molecule has 328 valence electrons. The van der Waals surface area contributed by atoms with Gasteiger partial charge in [0.25, 0.3) is 0 Å². The van der Waals surface area contributed by atoms with Crippen LogP contribution in [0.4, 0.5) is 0 Å². The molecule has 0 aromatic carbocycles. The molecule has 0 saturated carbocycles. The molecule has 0 rings (SSSR count). The topological polar surface area (TPSA) is 284 Å². The molecule has 16 nitrogen and oxygen atoms in total. The van der Waals surface area contributed by atoms with Crippen molar-refractivity contribution in [2.45, 2.75) is 85.5 Å². The van der Waals surface area contributed by atoms with Gasteiger partial charge in [-0.3, -0.25) is 4.79 Å². The fourth-order valence-corrected chi connectivity index (χ4v) is 2.97. The van der Waals surface area contributed by atoms with Crippen LogP contribution in [0.25, 0.3) is 0 Å². The lowest BCUT2D eigenvalue weighted by Gasteiger charge is -2.05. The van der Waals surface area contributed by atoms with E-state index in [1.807, 2.05) is 7.05 Å². The Balaban J connectivity index is -0.0000000530. The number of hydrogen-bond donors (Lipinski definition) is 8. The Hall–Kier alpha value is -1.80. The molecule has 0 amide bonds. The summed E-state index contributed by atoms with van der Waals surface area (Å²) in [4.78, 5) is 21.8. The van der Waals surface area contributed by atoms with Crippen LogP contribution < -0.4 is 45.5 Å². The third kappa shape index (κ3) is 118. The summed E-state index contributed by atoms with van der Waals surface area (Å²) in [6.45, 7) is 8.20. The normalized spacial score (nSPS) is 8.02. The van der Waals surface area contributed by atoms with E-state index in [4.69, 9.17) is 28.4 Å². The molecule has 0 aliphatic carbocycles. The van der Waals surface area contributed by atoms with Crippen LogP contribution in [0.2, 0.25) is 0 Å². The van der Waals surface area contributed by atoms with E-state index < -0.39 is 5.97 Å². The third-order valence-corrected chi connectivity index (χ3v) is 5.03. The summed E-state index contributed by atoms with van der Waals surface area (Å²) in [5.41, 5.74) is 31.5. The molecular weight excluding hydrogens is 672 g/mol. The number of methoxy groups -OCH3 is 2. The first-order valence-corrected chi connectivity index (χ1v) is 17.4. The van der Waals surface area contributed by atoms with Crippen molar-refractivity contribution in [2.75, 3.05) is 130 Å². The van der Waals surface area contributed by atoms with Gasteiger partial charge < -0.3 is 73.9 Å². The highest BCUT2D eigenvalue weighted by molar-refractivity contribution is 5.81. The van der Waals surface area contributed by atoms with Crippen LogP contribution in [0.15, 0.2) is 12.7 Å². The molecule has 0 aliphatic heterocycles. The highest BCUT2D eigenvalue weighted by Gasteiger charge is 2.01. The monoisotopic (exact) mass is 769 g/mol. The largest absolute Gasteiger partial charge is 0.466 e. The molecule has 0 heterocycles. The van der Waals surface area contributed by atoms with Crippen LogP contribution >= 0.6 is 0 Å². The Kier molecular flexibility index (Phi) is 168. The number of ether oxygens (including phenoxy) is 6. The van der Waals surface area contributed by atoms with E-state index in [9.17, 15) is 9.59 Å². The fourth-order valence-electron chi connectivity index (χ4n) is 2.97. The second-order valence-electron chi connectivity index (χ2n) is 8.19. The second-order valence-corrected chi connectivity index (χ2v) is 8.19. The van der Waals surface area contributed by atoms with E-state index >= 15 is 0 Å². The summed E-state index contributed by atoms with van der Waals surface area (Å²) in [6, 6.07) is 0. The highest BCUT2D eigenvalue weighted by Crippen LogP contribution is 2.10. The first-order valence-electron chi connectivity index (χ1n) is 17.4. The average Bonchev–Trinajstić information content (AvgIpc) is 3.20. The van der Waals surface area contributed by atoms with Gasteiger partial charge in [-0.15, -0.1) is 0 Å². The fraction of sp³-hybridized carbons (Fsp3) is 0.889. The minimum atomic E-state index is -0.435. The molecule has 0 atom stereocenters. The van der Waals surface area contributed by atoms with Gasteiger partial charge in [-0.05, 0) is 69.2 Å². The van der Waals surface area contributed by atoms with E-state index in [1.54, 1.807) is 14.2 Å². The minimum absolute atomic E-state index is 0. The summed E-state index contributed by atoms with van der Waals surface area (Å²) in [5, 5.41) is 2.94. The van der Waals surface area contributed by atoms with Crippen LogP contribution in [0.5, 0.6) is 0 Å². The van der Waals surface area contributed by atoms with Crippen molar-refractivity contribution in [1.82, 2.24) is 5.32 Å². The van der Waals surface area contributed by atoms with E-state index in [0.717, 1.165) is 19.1 Å². The van der Waals surface area contributed by atoms with Crippen LogP contribution in [0, 0.1) is 0 Å². The lowest BCUT2D eigenvalue weighted by molar-refractivity contribution is -0.143. The number of hydrogen-bond acceptors (Lipinski definition) is 16. The van der Waals surface area contributed by atoms with Gasteiger partial charge >= 0.3 is 11.9 Å². The molecule has 15 N–H and O–H groups in total. The number of carbonyl (C=O) groups is 2. The second kappa shape index (κ2) is 110. The third-order valence-electron chi connectivity index (χ3n) is 5.03. The van der Waals surface area contributed by atoms with Crippen molar-refractivity contribution in [2.24, 2.45) is 40.1 Å². The average molecular weight is 769 g/mol. The minimum Gasteiger partial charge on any atom is -0.466 e. The molecule has 0 saturated heterocycles. The van der Waals surface area contributed by atoms with E-state index in [2.05, 4.69) is 52.0 Å². The zero-order chi connectivity index (χ0) is 41.0. The molecule has 0 aromatic heterocycles. The highest BCUT2D eigenvalue weighted by atomic mass is 16.6. The Morgan fingerprint density at radius 3 is 1.17 bits per heavy atom. The van der Waals surface area contributed by atoms with Crippen LogP contribution in [-0.4, -0.2) is 142 Å². The van der Waals surface area contributed by atoms with Crippen molar-refractivity contribution in [3.8, 4) is 0 Å². The number of rotatable bonds is 26. The van der Waals surface area contributed by atoms with Gasteiger partial charge in [0.1, 0.15) is 6.61 Å². The molecule has 0 radical (unpaired) electrons. The Morgan fingerprint density at radius 1 is 0.500 bits per heavy atom. The van der Waals surface area contributed by atoms with Crippen molar-refractivity contribution in [1.29, 1.82) is 0 Å². The van der Waals surface area contributed by atoms with Crippen LogP contribution in [0.1, 0.15) is 85.5 Å². The predicted molar refractivity (Wildman–Crippen MR) is 226 cm³/mol. The summed E-state index contributed by atoms with van der Waals surface area (Å²) in [6.07, 6.45) is 14.2. The predicted octanol–water partition coefficient (Wildman–Crippen LogP) is 2.38. The zero-order valence-electron chi connectivity index (χ0n) is 34.2. The Labute approximate surface area is 323 Å². The first kappa shape index (κ1) is 79.1. The number of carbonyl (C=O) groups excluding carboxylic acids is 2. The van der Waals surface area contributed by atoms with Gasteiger partial charge in [-0.2, -0.15) is 0 Å².